The molecule has 0 saturated carbocycles. The Kier molecular flexibility index (Phi) is 4.58. The van der Waals surface area contributed by atoms with E-state index in [9.17, 15) is 4.79 Å². The summed E-state index contributed by atoms with van der Waals surface area (Å²) in [6.07, 6.45) is 0. The Balaban J connectivity index is 2.02. The molecule has 2 rings (SSSR count). The zero-order chi connectivity index (χ0) is 15.6. The van der Waals surface area contributed by atoms with E-state index in [2.05, 4.69) is 55.2 Å². The molecule has 5 nitrogen and oxygen atoms in total. The second kappa shape index (κ2) is 6.07. The summed E-state index contributed by atoms with van der Waals surface area (Å²) in [5, 5.41) is 7.03. The third-order valence-electron chi connectivity index (χ3n) is 3.44. The van der Waals surface area contributed by atoms with Gasteiger partial charge in [-0.05, 0) is 16.5 Å². The lowest BCUT2D eigenvalue weighted by Crippen LogP contribution is -2.16. The lowest BCUT2D eigenvalue weighted by molar-refractivity contribution is 0.589. The molecule has 114 valence electrons. The van der Waals surface area contributed by atoms with Crippen LogP contribution in [-0.4, -0.2) is 20.5 Å². The fraction of sp³-hybridized carbons (Fsp3) is 0.467. The van der Waals surface area contributed by atoms with Crippen LogP contribution in [0.1, 0.15) is 37.9 Å². The SMILES string of the molecule is Cn1c(SCC(N)c2ccc(C(C)(C)C)cc2)n[nH]c1=O. The largest absolute Gasteiger partial charge is 0.343 e. The molecule has 1 unspecified atom stereocenters. The number of thioether (sulfide) groups is 1. The molecule has 1 atom stereocenters. The number of hydrogen-bond donors (Lipinski definition) is 2. The Morgan fingerprint density at radius 3 is 2.43 bits per heavy atom. The molecule has 0 amide bonds. The normalized spacial score (nSPS) is 13.4. The second-order valence-corrected chi connectivity index (χ2v) is 7.15. The quantitative estimate of drug-likeness (QED) is 0.849. The van der Waals surface area contributed by atoms with E-state index in [1.165, 1.54) is 21.9 Å². The summed E-state index contributed by atoms with van der Waals surface area (Å²) in [4.78, 5) is 11.3. The lowest BCUT2D eigenvalue weighted by Gasteiger charge is -2.20. The van der Waals surface area contributed by atoms with Crippen LogP contribution < -0.4 is 11.4 Å². The number of benzene rings is 1. The van der Waals surface area contributed by atoms with E-state index < -0.39 is 0 Å². The van der Waals surface area contributed by atoms with Crippen LogP contribution in [0.3, 0.4) is 0 Å². The average Bonchev–Trinajstić information content (AvgIpc) is 2.75. The molecule has 1 aromatic carbocycles. The Morgan fingerprint density at radius 2 is 1.95 bits per heavy atom. The van der Waals surface area contributed by atoms with Crippen LogP contribution in [0.4, 0.5) is 0 Å². The van der Waals surface area contributed by atoms with Crippen molar-refractivity contribution in [1.29, 1.82) is 0 Å². The first kappa shape index (κ1) is 15.9. The summed E-state index contributed by atoms with van der Waals surface area (Å²) in [6, 6.07) is 8.33. The molecule has 1 heterocycles. The maximum Gasteiger partial charge on any atom is 0.343 e. The minimum atomic E-state index is -0.208. The number of nitrogens with one attached hydrogen (secondary N) is 1. The van der Waals surface area contributed by atoms with E-state index in [1.54, 1.807) is 7.05 Å². The van der Waals surface area contributed by atoms with Gasteiger partial charge in [-0.3, -0.25) is 4.57 Å². The van der Waals surface area contributed by atoms with Gasteiger partial charge >= 0.3 is 5.69 Å². The predicted molar refractivity (Wildman–Crippen MR) is 86.6 cm³/mol. The number of nitrogens with two attached hydrogens (primary N) is 1. The maximum absolute atomic E-state index is 11.3. The van der Waals surface area contributed by atoms with Crippen LogP contribution in [0.2, 0.25) is 0 Å². The van der Waals surface area contributed by atoms with Crippen LogP contribution in [0.15, 0.2) is 34.2 Å². The number of nitrogens with zero attached hydrogens (tertiary/aromatic N) is 2. The summed E-state index contributed by atoms with van der Waals surface area (Å²) in [5.74, 6) is 0.674. The van der Waals surface area contributed by atoms with Gasteiger partial charge in [0, 0.05) is 18.8 Å². The molecule has 0 aliphatic rings. The number of H-pyrrole nitrogens is 1. The highest BCUT2D eigenvalue weighted by Gasteiger charge is 2.15. The molecular formula is C15H22N4OS. The molecule has 6 heteroatoms. The lowest BCUT2D eigenvalue weighted by atomic mass is 9.86. The molecule has 0 radical (unpaired) electrons. The number of aromatic nitrogens is 3. The minimum Gasteiger partial charge on any atom is -0.323 e. The summed E-state index contributed by atoms with van der Waals surface area (Å²) >= 11 is 1.48. The van der Waals surface area contributed by atoms with Crippen LogP contribution in [0.5, 0.6) is 0 Å². The van der Waals surface area contributed by atoms with Gasteiger partial charge in [-0.25, -0.2) is 9.89 Å². The minimum absolute atomic E-state index is 0.0872. The highest BCUT2D eigenvalue weighted by atomic mass is 32.2. The molecular weight excluding hydrogens is 284 g/mol. The Morgan fingerprint density at radius 1 is 1.33 bits per heavy atom. The number of rotatable bonds is 4. The smallest absolute Gasteiger partial charge is 0.323 e. The maximum atomic E-state index is 11.3. The first-order valence-corrected chi connectivity index (χ1v) is 7.88. The molecule has 2 aromatic rings. The topological polar surface area (TPSA) is 76.7 Å². The Bertz CT molecular complexity index is 652. The van der Waals surface area contributed by atoms with Gasteiger partial charge in [-0.2, -0.15) is 0 Å². The number of hydrogen-bond acceptors (Lipinski definition) is 4. The van der Waals surface area contributed by atoms with Crippen molar-refractivity contribution in [2.24, 2.45) is 12.8 Å². The average molecular weight is 306 g/mol. The van der Waals surface area contributed by atoms with Crippen LogP contribution in [0.25, 0.3) is 0 Å². The van der Waals surface area contributed by atoms with Crippen molar-refractivity contribution < 1.29 is 0 Å². The Hall–Kier alpha value is -1.53. The fourth-order valence-electron chi connectivity index (χ4n) is 1.95. The first-order valence-electron chi connectivity index (χ1n) is 6.89. The highest BCUT2D eigenvalue weighted by Crippen LogP contribution is 2.25. The van der Waals surface area contributed by atoms with Crippen LogP contribution >= 0.6 is 11.8 Å². The van der Waals surface area contributed by atoms with Gasteiger partial charge < -0.3 is 5.73 Å². The molecule has 1 aromatic heterocycles. The van der Waals surface area contributed by atoms with Crippen molar-refractivity contribution >= 4 is 11.8 Å². The van der Waals surface area contributed by atoms with Gasteiger partial charge in [0.1, 0.15) is 0 Å². The van der Waals surface area contributed by atoms with Crippen molar-refractivity contribution in [1.82, 2.24) is 14.8 Å². The van der Waals surface area contributed by atoms with Crippen LogP contribution in [0, 0.1) is 0 Å². The van der Waals surface area contributed by atoms with E-state index >= 15 is 0 Å². The fourth-order valence-corrected chi connectivity index (χ4v) is 2.86. The molecule has 0 aliphatic heterocycles. The van der Waals surface area contributed by atoms with Crippen molar-refractivity contribution in [3.8, 4) is 0 Å². The summed E-state index contributed by atoms with van der Waals surface area (Å²) in [7, 11) is 1.69. The molecule has 0 spiro atoms. The first-order chi connectivity index (χ1) is 9.79. The van der Waals surface area contributed by atoms with E-state index in [4.69, 9.17) is 5.73 Å². The summed E-state index contributed by atoms with van der Waals surface area (Å²) in [5.41, 5.74) is 8.53. The van der Waals surface area contributed by atoms with Gasteiger partial charge in [-0.1, -0.05) is 56.8 Å². The van der Waals surface area contributed by atoms with E-state index in [1.807, 2.05) is 0 Å². The molecule has 0 fully saturated rings. The summed E-state index contributed by atoms with van der Waals surface area (Å²) < 4.78 is 1.49. The van der Waals surface area contributed by atoms with Crippen LogP contribution in [-0.2, 0) is 12.5 Å². The van der Waals surface area contributed by atoms with Gasteiger partial charge in [-0.15, -0.1) is 5.10 Å². The second-order valence-electron chi connectivity index (χ2n) is 6.16. The predicted octanol–water partition coefficient (Wildman–Crippen LogP) is 2.20. The van der Waals surface area contributed by atoms with E-state index in [-0.39, 0.29) is 17.1 Å². The molecule has 0 bridgehead atoms. The number of aromatic amines is 1. The standard InChI is InChI=1S/C15H22N4OS/c1-15(2,3)11-7-5-10(6-8-11)12(16)9-21-14-18-17-13(20)19(14)4/h5-8,12H,9,16H2,1-4H3,(H,17,20). The van der Waals surface area contributed by atoms with Crippen molar-refractivity contribution in [2.75, 3.05) is 5.75 Å². The Labute approximate surface area is 128 Å². The zero-order valence-corrected chi connectivity index (χ0v) is 13.7. The summed E-state index contributed by atoms with van der Waals surface area (Å²) in [6.45, 7) is 6.57. The van der Waals surface area contributed by atoms with Gasteiger partial charge in [0.25, 0.3) is 0 Å². The third kappa shape index (κ3) is 3.77. The molecule has 0 saturated heterocycles. The zero-order valence-electron chi connectivity index (χ0n) is 12.9. The third-order valence-corrected chi connectivity index (χ3v) is 4.58. The van der Waals surface area contributed by atoms with Gasteiger partial charge in [0.2, 0.25) is 0 Å². The van der Waals surface area contributed by atoms with Gasteiger partial charge in [0.05, 0.1) is 0 Å². The highest BCUT2D eigenvalue weighted by molar-refractivity contribution is 7.99. The molecule has 21 heavy (non-hydrogen) atoms. The van der Waals surface area contributed by atoms with E-state index in [0.717, 1.165) is 5.56 Å². The van der Waals surface area contributed by atoms with E-state index in [0.29, 0.717) is 10.9 Å². The van der Waals surface area contributed by atoms with Crippen molar-refractivity contribution in [3.63, 3.8) is 0 Å². The van der Waals surface area contributed by atoms with Crippen molar-refractivity contribution in [2.45, 2.75) is 37.4 Å². The monoisotopic (exact) mass is 306 g/mol. The molecule has 3 N–H and O–H groups in total. The van der Waals surface area contributed by atoms with Crippen molar-refractivity contribution in [3.05, 3.63) is 45.9 Å². The van der Waals surface area contributed by atoms with Gasteiger partial charge in [0.15, 0.2) is 5.16 Å². The molecule has 0 aliphatic carbocycles.